The molecule has 0 aliphatic carbocycles. The molecule has 1 amide bonds. The van der Waals surface area contributed by atoms with Gasteiger partial charge in [0, 0.05) is 4.88 Å². The van der Waals surface area contributed by atoms with Crippen LogP contribution in [-0.2, 0) is 4.79 Å². The van der Waals surface area contributed by atoms with Gasteiger partial charge in [0.05, 0.1) is 9.35 Å². The van der Waals surface area contributed by atoms with E-state index in [1.165, 1.54) is 11.3 Å². The quantitative estimate of drug-likeness (QED) is 0.877. The van der Waals surface area contributed by atoms with Crippen LogP contribution < -0.4 is 5.32 Å². The van der Waals surface area contributed by atoms with Crippen molar-refractivity contribution in [3.05, 3.63) is 20.3 Å². The maximum Gasteiger partial charge on any atom is 0.326 e. The van der Waals surface area contributed by atoms with Gasteiger partial charge in [-0.2, -0.15) is 0 Å². The van der Waals surface area contributed by atoms with Gasteiger partial charge in [0.1, 0.15) is 6.04 Å². The number of carboxylic acid groups (broad SMARTS) is 1. The lowest BCUT2D eigenvalue weighted by Crippen LogP contribution is -2.40. The van der Waals surface area contributed by atoms with E-state index in [-0.39, 0.29) is 5.91 Å². The molecule has 0 fully saturated rings. The summed E-state index contributed by atoms with van der Waals surface area (Å²) < 4.78 is 0.730. The molecule has 0 aromatic carbocycles. The lowest BCUT2D eigenvalue weighted by atomic mass is 10.1. The van der Waals surface area contributed by atoms with E-state index in [0.717, 1.165) is 8.66 Å². The summed E-state index contributed by atoms with van der Waals surface area (Å²) in [4.78, 5) is 23.8. The molecule has 4 nitrogen and oxygen atoms in total. The summed E-state index contributed by atoms with van der Waals surface area (Å²) >= 11 is 4.75. The topological polar surface area (TPSA) is 66.4 Å². The molecule has 6 heteroatoms. The van der Waals surface area contributed by atoms with Gasteiger partial charge >= 0.3 is 5.97 Å². The molecule has 17 heavy (non-hydrogen) atoms. The van der Waals surface area contributed by atoms with Crippen LogP contribution in [0.3, 0.4) is 0 Å². The van der Waals surface area contributed by atoms with Crippen molar-refractivity contribution in [3.8, 4) is 0 Å². The number of aliphatic carboxylic acids is 1. The maximum absolute atomic E-state index is 11.9. The van der Waals surface area contributed by atoms with Crippen LogP contribution in [0.25, 0.3) is 0 Å². The monoisotopic (exact) mass is 319 g/mol. The molecule has 0 spiro atoms. The Balaban J connectivity index is 2.77. The van der Waals surface area contributed by atoms with Crippen LogP contribution in [0.4, 0.5) is 0 Å². The number of amides is 1. The fraction of sp³-hybridized carbons (Fsp3) is 0.455. The first-order valence-corrected chi connectivity index (χ1v) is 6.86. The molecule has 0 saturated heterocycles. The van der Waals surface area contributed by atoms with Crippen LogP contribution in [0.15, 0.2) is 9.85 Å². The predicted molar refractivity (Wildman–Crippen MR) is 70.6 cm³/mol. The van der Waals surface area contributed by atoms with Gasteiger partial charge in [0.15, 0.2) is 0 Å². The smallest absolute Gasteiger partial charge is 0.326 e. The number of hydrogen-bond acceptors (Lipinski definition) is 3. The minimum Gasteiger partial charge on any atom is -0.480 e. The standard InChI is InChI=1S/C11H14BrNO3S/c1-3-4-8(11(15)16)13-10(14)7-5-6(2)17-9(7)12/h5,8H,3-4H2,1-2H3,(H,13,14)(H,15,16). The summed E-state index contributed by atoms with van der Waals surface area (Å²) in [7, 11) is 0. The fourth-order valence-electron chi connectivity index (χ4n) is 1.42. The number of aryl methyl sites for hydroxylation is 1. The molecular formula is C11H14BrNO3S. The van der Waals surface area contributed by atoms with Crippen molar-refractivity contribution in [3.63, 3.8) is 0 Å². The van der Waals surface area contributed by atoms with Crippen molar-refractivity contribution in [2.75, 3.05) is 0 Å². The first kappa shape index (κ1) is 14.2. The summed E-state index contributed by atoms with van der Waals surface area (Å²) in [5, 5.41) is 11.5. The minimum absolute atomic E-state index is 0.345. The molecule has 1 aromatic heterocycles. The van der Waals surface area contributed by atoms with Gasteiger partial charge < -0.3 is 10.4 Å². The van der Waals surface area contributed by atoms with Crippen molar-refractivity contribution in [1.29, 1.82) is 0 Å². The summed E-state index contributed by atoms with van der Waals surface area (Å²) in [6.07, 6.45) is 1.14. The second kappa shape index (κ2) is 6.16. The van der Waals surface area contributed by atoms with Crippen LogP contribution in [0.5, 0.6) is 0 Å². The average molecular weight is 320 g/mol. The van der Waals surface area contributed by atoms with Gasteiger partial charge in [-0.15, -0.1) is 11.3 Å². The highest BCUT2D eigenvalue weighted by Crippen LogP contribution is 2.27. The first-order valence-electron chi connectivity index (χ1n) is 5.25. The molecule has 1 heterocycles. The minimum atomic E-state index is -0.997. The second-order valence-electron chi connectivity index (χ2n) is 3.70. The zero-order valence-electron chi connectivity index (χ0n) is 9.62. The summed E-state index contributed by atoms with van der Waals surface area (Å²) in [6.45, 7) is 3.78. The molecule has 1 atom stereocenters. The molecule has 94 valence electrons. The highest BCUT2D eigenvalue weighted by atomic mass is 79.9. The highest BCUT2D eigenvalue weighted by molar-refractivity contribution is 9.11. The van der Waals surface area contributed by atoms with Gasteiger partial charge in [-0.05, 0) is 35.3 Å². The molecule has 2 N–H and O–H groups in total. The lowest BCUT2D eigenvalue weighted by molar-refractivity contribution is -0.139. The predicted octanol–water partition coefficient (Wildman–Crippen LogP) is 2.80. The Morgan fingerprint density at radius 1 is 1.59 bits per heavy atom. The Morgan fingerprint density at radius 2 is 2.24 bits per heavy atom. The average Bonchev–Trinajstić information content (AvgIpc) is 2.57. The molecular weight excluding hydrogens is 306 g/mol. The summed E-state index contributed by atoms with van der Waals surface area (Å²) in [5.41, 5.74) is 0.495. The Hall–Kier alpha value is -0.880. The SMILES string of the molecule is CCCC(NC(=O)c1cc(C)sc1Br)C(=O)O. The Bertz CT molecular complexity index is 430. The van der Waals surface area contributed by atoms with E-state index < -0.39 is 12.0 Å². The number of carbonyl (C=O) groups excluding carboxylic acids is 1. The van der Waals surface area contributed by atoms with E-state index in [9.17, 15) is 9.59 Å². The number of halogens is 1. The van der Waals surface area contributed by atoms with Crippen molar-refractivity contribution in [1.82, 2.24) is 5.32 Å². The van der Waals surface area contributed by atoms with E-state index in [0.29, 0.717) is 18.4 Å². The van der Waals surface area contributed by atoms with Crippen LogP contribution in [0.2, 0.25) is 0 Å². The number of hydrogen-bond donors (Lipinski definition) is 2. The van der Waals surface area contributed by atoms with Crippen LogP contribution in [0.1, 0.15) is 35.0 Å². The number of thiophene rings is 1. The van der Waals surface area contributed by atoms with Gasteiger partial charge in [-0.3, -0.25) is 4.79 Å². The zero-order valence-corrected chi connectivity index (χ0v) is 12.0. The molecule has 0 saturated carbocycles. The highest BCUT2D eigenvalue weighted by Gasteiger charge is 2.21. The third kappa shape index (κ3) is 3.81. The Kier molecular flexibility index (Phi) is 5.14. The number of carbonyl (C=O) groups is 2. The fourth-order valence-corrected chi connectivity index (χ4v) is 3.20. The number of carboxylic acids is 1. The number of rotatable bonds is 5. The first-order chi connectivity index (χ1) is 7.95. The second-order valence-corrected chi connectivity index (χ2v) is 6.27. The number of nitrogens with one attached hydrogen (secondary N) is 1. The Labute approximate surface area is 112 Å². The van der Waals surface area contributed by atoms with Gasteiger partial charge in [-0.25, -0.2) is 4.79 Å². The van der Waals surface area contributed by atoms with E-state index >= 15 is 0 Å². The van der Waals surface area contributed by atoms with Crippen molar-refractivity contribution in [2.45, 2.75) is 32.7 Å². The maximum atomic E-state index is 11.9. The van der Waals surface area contributed by atoms with Gasteiger partial charge in [0.2, 0.25) is 0 Å². The van der Waals surface area contributed by atoms with Crippen molar-refractivity contribution in [2.24, 2.45) is 0 Å². The van der Waals surface area contributed by atoms with Crippen LogP contribution >= 0.6 is 27.3 Å². The molecule has 0 aliphatic heterocycles. The Morgan fingerprint density at radius 3 is 2.65 bits per heavy atom. The van der Waals surface area contributed by atoms with E-state index in [2.05, 4.69) is 21.2 Å². The molecule has 0 aliphatic rings. The molecule has 1 rings (SSSR count). The largest absolute Gasteiger partial charge is 0.480 e. The molecule has 0 radical (unpaired) electrons. The molecule has 0 bridgehead atoms. The van der Waals surface area contributed by atoms with E-state index in [1.807, 2.05) is 13.8 Å². The summed E-state index contributed by atoms with van der Waals surface area (Å²) in [5.74, 6) is -1.34. The van der Waals surface area contributed by atoms with Crippen LogP contribution in [0, 0.1) is 6.92 Å². The zero-order chi connectivity index (χ0) is 13.0. The third-order valence-corrected chi connectivity index (χ3v) is 3.99. The summed E-state index contributed by atoms with van der Waals surface area (Å²) in [6, 6.07) is 0.925. The van der Waals surface area contributed by atoms with Crippen molar-refractivity contribution >= 4 is 39.1 Å². The molecule has 1 aromatic rings. The van der Waals surface area contributed by atoms with Gasteiger partial charge in [0.25, 0.3) is 5.91 Å². The third-order valence-electron chi connectivity index (χ3n) is 2.24. The van der Waals surface area contributed by atoms with E-state index in [1.54, 1.807) is 6.07 Å². The van der Waals surface area contributed by atoms with Crippen LogP contribution in [-0.4, -0.2) is 23.0 Å². The van der Waals surface area contributed by atoms with Crippen molar-refractivity contribution < 1.29 is 14.7 Å². The van der Waals surface area contributed by atoms with Gasteiger partial charge in [-0.1, -0.05) is 13.3 Å². The normalized spacial score (nSPS) is 12.2. The lowest BCUT2D eigenvalue weighted by Gasteiger charge is -2.12. The van der Waals surface area contributed by atoms with E-state index in [4.69, 9.17) is 5.11 Å². The molecule has 1 unspecified atom stereocenters.